The summed E-state index contributed by atoms with van der Waals surface area (Å²) in [6, 6.07) is 10.5. The number of carbonyl (C=O) groups excluding carboxylic acids is 3. The van der Waals surface area contributed by atoms with Gasteiger partial charge in [0, 0.05) is 22.2 Å². The molecule has 0 radical (unpaired) electrons. The van der Waals surface area contributed by atoms with Gasteiger partial charge in [0.1, 0.15) is 5.58 Å². The third-order valence-corrected chi connectivity index (χ3v) is 4.89. The first-order chi connectivity index (χ1) is 13.8. The Morgan fingerprint density at radius 3 is 2.62 bits per heavy atom. The number of benzene rings is 2. The Balaban J connectivity index is 1.63. The van der Waals surface area contributed by atoms with Crippen molar-refractivity contribution in [3.05, 3.63) is 64.9 Å². The lowest BCUT2D eigenvalue weighted by Crippen LogP contribution is -2.30. The number of fused-ring (bicyclic) bond motifs is 1. The topological polar surface area (TPSA) is 85.6 Å². The molecule has 1 atom stereocenters. The highest BCUT2D eigenvalue weighted by molar-refractivity contribution is 5.98. The first-order valence-electron chi connectivity index (χ1n) is 9.34. The van der Waals surface area contributed by atoms with E-state index in [9.17, 15) is 14.4 Å². The molecule has 1 aromatic heterocycles. The summed E-state index contributed by atoms with van der Waals surface area (Å²) in [7, 11) is 0. The zero-order valence-corrected chi connectivity index (χ0v) is 16.9. The number of furan rings is 1. The summed E-state index contributed by atoms with van der Waals surface area (Å²) >= 11 is 0. The summed E-state index contributed by atoms with van der Waals surface area (Å²) in [5.41, 5.74) is 4.57. The predicted molar refractivity (Wildman–Crippen MR) is 110 cm³/mol. The number of carbonyl (C=O) groups is 3. The third-order valence-electron chi connectivity index (χ3n) is 4.89. The smallest absolute Gasteiger partial charge is 0.311 e. The van der Waals surface area contributed by atoms with Crippen molar-refractivity contribution in [2.24, 2.45) is 0 Å². The van der Waals surface area contributed by atoms with E-state index in [0.29, 0.717) is 11.3 Å². The van der Waals surface area contributed by atoms with E-state index in [1.165, 1.54) is 13.8 Å². The zero-order chi connectivity index (χ0) is 21.1. The Labute approximate surface area is 168 Å². The second-order valence-corrected chi connectivity index (χ2v) is 7.08. The standard InChI is InChI=1S/C23H23NO5/c1-13-8-9-20-18(12-28-22(20)14(13)2)11-21(26)29-16(4)23(27)24-19-7-5-6-17(10-19)15(3)25/h5-10,12,16H,11H2,1-4H3,(H,24,27)/t16-/m0/s1. The van der Waals surface area contributed by atoms with Crippen LogP contribution in [0.4, 0.5) is 5.69 Å². The van der Waals surface area contributed by atoms with Gasteiger partial charge in [-0.3, -0.25) is 14.4 Å². The molecule has 0 aliphatic heterocycles. The molecule has 0 saturated carbocycles. The Bertz CT molecular complexity index is 1100. The van der Waals surface area contributed by atoms with Crippen LogP contribution in [0.5, 0.6) is 0 Å². The molecule has 0 aliphatic carbocycles. The first kappa shape index (κ1) is 20.3. The van der Waals surface area contributed by atoms with Gasteiger partial charge in [0.05, 0.1) is 12.7 Å². The van der Waals surface area contributed by atoms with E-state index < -0.39 is 18.0 Å². The molecule has 150 valence electrons. The molecule has 0 bridgehead atoms. The van der Waals surface area contributed by atoms with Gasteiger partial charge >= 0.3 is 5.97 Å². The molecular weight excluding hydrogens is 370 g/mol. The summed E-state index contributed by atoms with van der Waals surface area (Å²) in [6.45, 7) is 6.92. The number of ketones is 1. The molecule has 0 fully saturated rings. The minimum absolute atomic E-state index is 0.00689. The highest BCUT2D eigenvalue weighted by Crippen LogP contribution is 2.27. The fourth-order valence-corrected chi connectivity index (χ4v) is 3.03. The molecule has 2 aromatic carbocycles. The van der Waals surface area contributed by atoms with Gasteiger partial charge in [0.25, 0.3) is 5.91 Å². The van der Waals surface area contributed by atoms with E-state index in [4.69, 9.17) is 9.15 Å². The van der Waals surface area contributed by atoms with Crippen molar-refractivity contribution in [2.45, 2.75) is 40.2 Å². The van der Waals surface area contributed by atoms with E-state index in [-0.39, 0.29) is 12.2 Å². The molecular formula is C23H23NO5. The van der Waals surface area contributed by atoms with Crippen LogP contribution in [0.3, 0.4) is 0 Å². The number of esters is 1. The zero-order valence-electron chi connectivity index (χ0n) is 16.9. The van der Waals surface area contributed by atoms with Crippen molar-refractivity contribution in [1.29, 1.82) is 0 Å². The van der Waals surface area contributed by atoms with Gasteiger partial charge in [0.15, 0.2) is 11.9 Å². The highest BCUT2D eigenvalue weighted by Gasteiger charge is 2.20. The Morgan fingerprint density at radius 2 is 1.90 bits per heavy atom. The first-order valence-corrected chi connectivity index (χ1v) is 9.34. The summed E-state index contributed by atoms with van der Waals surface area (Å²) < 4.78 is 10.9. The van der Waals surface area contributed by atoms with Gasteiger partial charge < -0.3 is 14.5 Å². The predicted octanol–water partition coefficient (Wildman–Crippen LogP) is 4.37. The van der Waals surface area contributed by atoms with Gasteiger partial charge in [-0.2, -0.15) is 0 Å². The minimum Gasteiger partial charge on any atom is -0.464 e. The van der Waals surface area contributed by atoms with Crippen LogP contribution in [-0.4, -0.2) is 23.8 Å². The number of anilines is 1. The molecule has 3 rings (SSSR count). The maximum atomic E-state index is 12.3. The fourth-order valence-electron chi connectivity index (χ4n) is 3.03. The average molecular weight is 393 g/mol. The number of ether oxygens (including phenoxy) is 1. The molecule has 0 unspecified atom stereocenters. The maximum Gasteiger partial charge on any atom is 0.311 e. The number of Topliss-reactive ketones (excluding diaryl/α,β-unsaturated/α-hetero) is 1. The van der Waals surface area contributed by atoms with Crippen LogP contribution in [0.25, 0.3) is 11.0 Å². The Hall–Kier alpha value is -3.41. The van der Waals surface area contributed by atoms with Gasteiger partial charge in [-0.25, -0.2) is 0 Å². The van der Waals surface area contributed by atoms with E-state index in [1.807, 2.05) is 26.0 Å². The molecule has 0 aliphatic rings. The highest BCUT2D eigenvalue weighted by atomic mass is 16.5. The Morgan fingerprint density at radius 1 is 1.14 bits per heavy atom. The number of rotatable bonds is 6. The summed E-state index contributed by atoms with van der Waals surface area (Å²) in [6.07, 6.45) is 0.578. The second kappa shape index (κ2) is 8.31. The van der Waals surface area contributed by atoms with E-state index in [0.717, 1.165) is 27.7 Å². The van der Waals surface area contributed by atoms with E-state index in [2.05, 4.69) is 5.32 Å². The van der Waals surface area contributed by atoms with Crippen LogP contribution in [0.2, 0.25) is 0 Å². The van der Waals surface area contributed by atoms with Crippen molar-refractivity contribution < 1.29 is 23.5 Å². The molecule has 3 aromatic rings. The normalized spacial score (nSPS) is 11.9. The van der Waals surface area contributed by atoms with Crippen molar-refractivity contribution in [3.8, 4) is 0 Å². The van der Waals surface area contributed by atoms with E-state index in [1.54, 1.807) is 30.5 Å². The minimum atomic E-state index is -0.981. The van der Waals surface area contributed by atoms with Gasteiger partial charge in [-0.05, 0) is 51.0 Å². The van der Waals surface area contributed by atoms with Crippen LogP contribution in [-0.2, 0) is 20.7 Å². The second-order valence-electron chi connectivity index (χ2n) is 7.08. The van der Waals surface area contributed by atoms with Crippen molar-refractivity contribution in [2.75, 3.05) is 5.32 Å². The SMILES string of the molecule is CC(=O)c1cccc(NC(=O)[C@H](C)OC(=O)Cc2coc3c(C)c(C)ccc23)c1. The molecule has 29 heavy (non-hydrogen) atoms. The molecule has 6 nitrogen and oxygen atoms in total. The van der Waals surface area contributed by atoms with Crippen molar-refractivity contribution >= 4 is 34.3 Å². The number of nitrogens with one attached hydrogen (secondary N) is 1. The summed E-state index contributed by atoms with van der Waals surface area (Å²) in [4.78, 5) is 36.1. The van der Waals surface area contributed by atoms with Crippen LogP contribution in [0, 0.1) is 13.8 Å². The van der Waals surface area contributed by atoms with Crippen molar-refractivity contribution in [3.63, 3.8) is 0 Å². The number of aryl methyl sites for hydroxylation is 2. The quantitative estimate of drug-likeness (QED) is 0.497. The monoisotopic (exact) mass is 393 g/mol. The number of hydrogen-bond donors (Lipinski definition) is 1. The summed E-state index contributed by atoms with van der Waals surface area (Å²) in [5.74, 6) is -1.09. The fraction of sp³-hybridized carbons (Fsp3) is 0.261. The van der Waals surface area contributed by atoms with Crippen LogP contribution >= 0.6 is 0 Å². The molecule has 1 amide bonds. The average Bonchev–Trinajstić information content (AvgIpc) is 3.08. The lowest BCUT2D eigenvalue weighted by molar-refractivity contribution is -0.152. The summed E-state index contributed by atoms with van der Waals surface area (Å²) in [5, 5.41) is 3.52. The van der Waals surface area contributed by atoms with E-state index >= 15 is 0 Å². The Kier molecular flexibility index (Phi) is 5.82. The van der Waals surface area contributed by atoms with Crippen LogP contribution < -0.4 is 5.32 Å². The molecule has 0 saturated heterocycles. The van der Waals surface area contributed by atoms with Gasteiger partial charge in [0.2, 0.25) is 0 Å². The molecule has 1 heterocycles. The number of hydrogen-bond acceptors (Lipinski definition) is 5. The molecule has 6 heteroatoms. The molecule has 0 spiro atoms. The molecule has 1 N–H and O–H groups in total. The maximum absolute atomic E-state index is 12.3. The van der Waals surface area contributed by atoms with Gasteiger partial charge in [-0.1, -0.05) is 24.3 Å². The van der Waals surface area contributed by atoms with Gasteiger partial charge in [-0.15, -0.1) is 0 Å². The lowest BCUT2D eigenvalue weighted by Gasteiger charge is -2.13. The van der Waals surface area contributed by atoms with Crippen LogP contribution in [0.1, 0.15) is 40.9 Å². The lowest BCUT2D eigenvalue weighted by atomic mass is 10.0. The van der Waals surface area contributed by atoms with Crippen molar-refractivity contribution in [1.82, 2.24) is 0 Å². The van der Waals surface area contributed by atoms with Crippen LogP contribution in [0.15, 0.2) is 47.1 Å². The largest absolute Gasteiger partial charge is 0.464 e. The third kappa shape index (κ3) is 4.54. The number of amides is 1.